The van der Waals surface area contributed by atoms with Gasteiger partial charge in [-0.05, 0) is 62.6 Å². The van der Waals surface area contributed by atoms with Crippen LogP contribution in [0.4, 0.5) is 5.69 Å². The van der Waals surface area contributed by atoms with Gasteiger partial charge in [0.25, 0.3) is 0 Å². The maximum absolute atomic E-state index is 14.1. The number of halogens is 2. The lowest BCUT2D eigenvalue weighted by Crippen LogP contribution is -2.56. The number of amides is 2. The van der Waals surface area contributed by atoms with Gasteiger partial charge in [0.2, 0.25) is 21.8 Å². The molecular weight excluding hydrogens is 569 g/mol. The molecule has 0 aliphatic rings. The summed E-state index contributed by atoms with van der Waals surface area (Å²) in [6, 6.07) is 20.3. The molecule has 0 bridgehead atoms. The van der Waals surface area contributed by atoms with Gasteiger partial charge in [-0.2, -0.15) is 0 Å². The van der Waals surface area contributed by atoms with Gasteiger partial charge in [0.1, 0.15) is 12.6 Å². The molecular formula is C30H35Cl2N3O4S. The molecule has 0 fully saturated rings. The van der Waals surface area contributed by atoms with E-state index in [1.165, 1.54) is 11.0 Å². The molecule has 0 radical (unpaired) electrons. The van der Waals surface area contributed by atoms with Crippen LogP contribution in [0.3, 0.4) is 0 Å². The highest BCUT2D eigenvalue weighted by Gasteiger charge is 2.34. The van der Waals surface area contributed by atoms with Crippen LogP contribution < -0.4 is 9.62 Å². The van der Waals surface area contributed by atoms with Gasteiger partial charge in [0, 0.05) is 28.5 Å². The highest BCUT2D eigenvalue weighted by molar-refractivity contribution is 7.92. The zero-order valence-corrected chi connectivity index (χ0v) is 25.6. The second-order valence-electron chi connectivity index (χ2n) is 10.8. The number of hydrogen-bond donors (Lipinski definition) is 1. The molecule has 0 aliphatic carbocycles. The smallest absolute Gasteiger partial charge is 0.244 e. The maximum atomic E-state index is 14.1. The van der Waals surface area contributed by atoms with Crippen LogP contribution >= 0.6 is 23.2 Å². The van der Waals surface area contributed by atoms with Crippen molar-refractivity contribution >= 4 is 50.7 Å². The lowest BCUT2D eigenvalue weighted by Gasteiger charge is -2.35. The molecule has 3 aromatic carbocycles. The first-order chi connectivity index (χ1) is 18.7. The van der Waals surface area contributed by atoms with Crippen LogP contribution in [-0.4, -0.2) is 49.5 Å². The highest BCUT2D eigenvalue weighted by Crippen LogP contribution is 2.26. The molecule has 10 heteroatoms. The minimum absolute atomic E-state index is 0.000173. The van der Waals surface area contributed by atoms with E-state index in [-0.39, 0.29) is 24.6 Å². The van der Waals surface area contributed by atoms with E-state index in [2.05, 4.69) is 5.32 Å². The van der Waals surface area contributed by atoms with Crippen molar-refractivity contribution in [2.45, 2.75) is 52.2 Å². The largest absolute Gasteiger partial charge is 0.350 e. The lowest BCUT2D eigenvalue weighted by molar-refractivity contribution is -0.140. The van der Waals surface area contributed by atoms with E-state index in [1.807, 2.05) is 51.1 Å². The number of sulfonamides is 1. The quantitative estimate of drug-likeness (QED) is 0.326. The summed E-state index contributed by atoms with van der Waals surface area (Å²) in [5.74, 6) is -0.923. The van der Waals surface area contributed by atoms with Gasteiger partial charge >= 0.3 is 0 Å². The Labute approximate surface area is 247 Å². The molecule has 1 atom stereocenters. The Bertz CT molecular complexity index is 1460. The van der Waals surface area contributed by atoms with Gasteiger partial charge in [-0.15, -0.1) is 0 Å². The first kappa shape index (κ1) is 31.5. The number of benzene rings is 3. The normalized spacial score (nSPS) is 12.5. The number of nitrogens with one attached hydrogen (secondary N) is 1. The standard InChI is InChI=1S/C30H35Cl2N3O4S/c1-21-15-16-24(18-26(21)32)35(40(5,38)39)20-28(36)34(19-23-13-9-10-14-25(23)31)27(29(37)33-30(2,3)4)17-22-11-7-6-8-12-22/h6-16,18,27H,17,19-20H2,1-5H3,(H,33,37)/t27-/m1/s1. The Hall–Kier alpha value is -3.07. The Balaban J connectivity index is 2.10. The SMILES string of the molecule is Cc1ccc(N(CC(=O)N(Cc2ccccc2Cl)[C@H](Cc2ccccc2)C(=O)NC(C)(C)C)S(C)(=O)=O)cc1Cl. The summed E-state index contributed by atoms with van der Waals surface area (Å²) < 4.78 is 26.8. The fourth-order valence-corrected chi connectivity index (χ4v) is 5.38. The molecule has 0 spiro atoms. The number of anilines is 1. The average Bonchev–Trinajstić information content (AvgIpc) is 2.86. The van der Waals surface area contributed by atoms with Crippen molar-refractivity contribution < 1.29 is 18.0 Å². The van der Waals surface area contributed by atoms with Crippen molar-refractivity contribution in [3.8, 4) is 0 Å². The van der Waals surface area contributed by atoms with Crippen LogP contribution in [0.15, 0.2) is 72.8 Å². The van der Waals surface area contributed by atoms with E-state index in [0.29, 0.717) is 15.6 Å². The number of carbonyl (C=O) groups is 2. The molecule has 0 saturated heterocycles. The zero-order chi connectivity index (χ0) is 29.7. The molecule has 3 rings (SSSR count). The van der Waals surface area contributed by atoms with Crippen LogP contribution in [0.2, 0.25) is 10.0 Å². The minimum atomic E-state index is -3.89. The highest BCUT2D eigenvalue weighted by atomic mass is 35.5. The predicted octanol–water partition coefficient (Wildman–Crippen LogP) is 5.62. The fraction of sp³-hybridized carbons (Fsp3) is 0.333. The Kier molecular flexibility index (Phi) is 10.3. The van der Waals surface area contributed by atoms with Crippen molar-refractivity contribution in [3.63, 3.8) is 0 Å². The second-order valence-corrected chi connectivity index (χ2v) is 13.5. The Morgan fingerprint density at radius 2 is 1.55 bits per heavy atom. The molecule has 3 aromatic rings. The molecule has 0 heterocycles. The van der Waals surface area contributed by atoms with Crippen molar-refractivity contribution in [1.82, 2.24) is 10.2 Å². The van der Waals surface area contributed by atoms with Crippen LogP contribution in [0.5, 0.6) is 0 Å². The second kappa shape index (κ2) is 13.1. The summed E-state index contributed by atoms with van der Waals surface area (Å²) >= 11 is 12.8. The molecule has 0 saturated carbocycles. The van der Waals surface area contributed by atoms with E-state index in [9.17, 15) is 18.0 Å². The van der Waals surface area contributed by atoms with E-state index < -0.39 is 34.1 Å². The summed E-state index contributed by atoms with van der Waals surface area (Å²) in [6.45, 7) is 6.84. The van der Waals surface area contributed by atoms with Crippen LogP contribution in [0.25, 0.3) is 0 Å². The van der Waals surface area contributed by atoms with E-state index >= 15 is 0 Å². The zero-order valence-electron chi connectivity index (χ0n) is 23.3. The van der Waals surface area contributed by atoms with Crippen LogP contribution in [0.1, 0.15) is 37.5 Å². The third kappa shape index (κ3) is 8.71. The number of aryl methyl sites for hydroxylation is 1. The summed E-state index contributed by atoms with van der Waals surface area (Å²) in [4.78, 5) is 29.2. The summed E-state index contributed by atoms with van der Waals surface area (Å²) in [6.07, 6.45) is 1.24. The molecule has 214 valence electrons. The fourth-order valence-electron chi connectivity index (χ4n) is 4.17. The molecule has 0 aliphatic heterocycles. The van der Waals surface area contributed by atoms with Gasteiger partial charge in [0.15, 0.2) is 0 Å². The first-order valence-corrected chi connectivity index (χ1v) is 15.4. The Morgan fingerprint density at radius 1 is 0.925 bits per heavy atom. The molecule has 7 nitrogen and oxygen atoms in total. The molecule has 2 amide bonds. The molecule has 40 heavy (non-hydrogen) atoms. The number of rotatable bonds is 10. The third-order valence-corrected chi connectivity index (χ3v) is 8.11. The predicted molar refractivity (Wildman–Crippen MR) is 162 cm³/mol. The van der Waals surface area contributed by atoms with Crippen molar-refractivity contribution in [2.24, 2.45) is 0 Å². The maximum Gasteiger partial charge on any atom is 0.244 e. The van der Waals surface area contributed by atoms with Gasteiger partial charge < -0.3 is 10.2 Å². The van der Waals surface area contributed by atoms with Gasteiger partial charge in [-0.25, -0.2) is 8.42 Å². The average molecular weight is 605 g/mol. The third-order valence-electron chi connectivity index (χ3n) is 6.19. The minimum Gasteiger partial charge on any atom is -0.350 e. The van der Waals surface area contributed by atoms with E-state index in [1.54, 1.807) is 43.3 Å². The van der Waals surface area contributed by atoms with Gasteiger partial charge in [-0.3, -0.25) is 13.9 Å². The van der Waals surface area contributed by atoms with Gasteiger partial charge in [0.05, 0.1) is 11.9 Å². The monoisotopic (exact) mass is 603 g/mol. The van der Waals surface area contributed by atoms with Crippen LogP contribution in [-0.2, 0) is 32.6 Å². The number of nitrogens with zero attached hydrogens (tertiary/aromatic N) is 2. The van der Waals surface area contributed by atoms with Crippen molar-refractivity contribution in [1.29, 1.82) is 0 Å². The topological polar surface area (TPSA) is 86.8 Å². The van der Waals surface area contributed by atoms with E-state index in [0.717, 1.165) is 21.7 Å². The Morgan fingerprint density at radius 3 is 2.12 bits per heavy atom. The number of carbonyl (C=O) groups excluding carboxylic acids is 2. The summed E-state index contributed by atoms with van der Waals surface area (Å²) in [7, 11) is -3.89. The first-order valence-electron chi connectivity index (χ1n) is 12.8. The van der Waals surface area contributed by atoms with E-state index in [4.69, 9.17) is 23.2 Å². The molecule has 0 aromatic heterocycles. The number of hydrogen-bond acceptors (Lipinski definition) is 4. The lowest BCUT2D eigenvalue weighted by atomic mass is 10.0. The molecule has 1 N–H and O–H groups in total. The van der Waals surface area contributed by atoms with Crippen molar-refractivity contribution in [3.05, 3.63) is 99.5 Å². The summed E-state index contributed by atoms with van der Waals surface area (Å²) in [5.41, 5.74) is 1.93. The molecule has 0 unspecified atom stereocenters. The summed E-state index contributed by atoms with van der Waals surface area (Å²) in [5, 5.41) is 3.79. The van der Waals surface area contributed by atoms with Gasteiger partial charge in [-0.1, -0.05) is 77.8 Å². The van der Waals surface area contributed by atoms with Crippen LogP contribution in [0, 0.1) is 6.92 Å². The van der Waals surface area contributed by atoms with Crippen molar-refractivity contribution in [2.75, 3.05) is 17.1 Å².